The van der Waals surface area contributed by atoms with Crippen molar-refractivity contribution in [2.75, 3.05) is 25.1 Å². The molecule has 1 aliphatic heterocycles. The lowest BCUT2D eigenvalue weighted by Crippen LogP contribution is -2.25. The van der Waals surface area contributed by atoms with Crippen LogP contribution in [0.5, 0.6) is 0 Å². The Hall–Kier alpha value is -1.30. The van der Waals surface area contributed by atoms with Crippen molar-refractivity contribution in [3.05, 3.63) is 29.3 Å². The van der Waals surface area contributed by atoms with E-state index in [4.69, 9.17) is 4.74 Å². The van der Waals surface area contributed by atoms with Gasteiger partial charge in [-0.05, 0) is 18.8 Å². The van der Waals surface area contributed by atoms with Gasteiger partial charge in [-0.25, -0.2) is 17.6 Å². The standard InChI is InChI=1S/C12H13F4NO/c13-8-4-9(14)11(16)12(10(8)15)17-5-7-2-1-3-18-6-7/h4,7,17H,1-3,5-6H2. The fraction of sp³-hybridized carbons (Fsp3) is 0.500. The SMILES string of the molecule is Fc1cc(F)c(F)c(NCC2CCCOC2)c1F. The second-order valence-electron chi connectivity index (χ2n) is 4.31. The fourth-order valence-corrected chi connectivity index (χ4v) is 1.94. The van der Waals surface area contributed by atoms with E-state index >= 15 is 0 Å². The van der Waals surface area contributed by atoms with Crippen molar-refractivity contribution < 1.29 is 22.3 Å². The van der Waals surface area contributed by atoms with Gasteiger partial charge in [0.05, 0.1) is 6.61 Å². The molecule has 1 aromatic rings. The summed E-state index contributed by atoms with van der Waals surface area (Å²) in [5, 5.41) is 2.42. The van der Waals surface area contributed by atoms with Crippen LogP contribution in [-0.4, -0.2) is 19.8 Å². The lowest BCUT2D eigenvalue weighted by atomic mass is 10.0. The Morgan fingerprint density at radius 3 is 2.39 bits per heavy atom. The first-order valence-electron chi connectivity index (χ1n) is 5.74. The van der Waals surface area contributed by atoms with Gasteiger partial charge in [0.2, 0.25) is 0 Å². The highest BCUT2D eigenvalue weighted by molar-refractivity contribution is 5.47. The smallest absolute Gasteiger partial charge is 0.185 e. The van der Waals surface area contributed by atoms with Crippen molar-refractivity contribution in [1.29, 1.82) is 0 Å². The van der Waals surface area contributed by atoms with Gasteiger partial charge in [-0.1, -0.05) is 0 Å². The highest BCUT2D eigenvalue weighted by Gasteiger charge is 2.20. The molecule has 0 spiro atoms. The monoisotopic (exact) mass is 263 g/mol. The molecule has 1 N–H and O–H groups in total. The predicted octanol–water partition coefficient (Wildman–Crippen LogP) is 3.08. The molecule has 1 fully saturated rings. The molecule has 0 aromatic heterocycles. The van der Waals surface area contributed by atoms with E-state index in [1.807, 2.05) is 0 Å². The molecule has 6 heteroatoms. The fourth-order valence-electron chi connectivity index (χ4n) is 1.94. The zero-order valence-corrected chi connectivity index (χ0v) is 9.61. The van der Waals surface area contributed by atoms with Crippen molar-refractivity contribution in [3.63, 3.8) is 0 Å². The van der Waals surface area contributed by atoms with Crippen LogP contribution in [0, 0.1) is 29.2 Å². The van der Waals surface area contributed by atoms with Crippen molar-refractivity contribution in [2.45, 2.75) is 12.8 Å². The second-order valence-corrected chi connectivity index (χ2v) is 4.31. The van der Waals surface area contributed by atoms with Gasteiger partial charge in [-0.2, -0.15) is 0 Å². The van der Waals surface area contributed by atoms with Gasteiger partial charge in [-0.3, -0.25) is 0 Å². The van der Waals surface area contributed by atoms with E-state index in [0.717, 1.165) is 12.8 Å². The van der Waals surface area contributed by atoms with Crippen LogP contribution in [-0.2, 0) is 4.74 Å². The average Bonchev–Trinajstić information content (AvgIpc) is 2.38. The first-order valence-corrected chi connectivity index (χ1v) is 5.74. The van der Waals surface area contributed by atoms with Crippen LogP contribution in [0.4, 0.5) is 23.2 Å². The van der Waals surface area contributed by atoms with Crippen LogP contribution < -0.4 is 5.32 Å². The molecule has 0 saturated carbocycles. The van der Waals surface area contributed by atoms with Crippen LogP contribution in [0.3, 0.4) is 0 Å². The van der Waals surface area contributed by atoms with Gasteiger partial charge in [-0.15, -0.1) is 0 Å². The van der Waals surface area contributed by atoms with Gasteiger partial charge in [0.25, 0.3) is 0 Å². The van der Waals surface area contributed by atoms with Gasteiger partial charge >= 0.3 is 0 Å². The molecule has 1 saturated heterocycles. The summed E-state index contributed by atoms with van der Waals surface area (Å²) in [6.45, 7) is 1.37. The number of nitrogens with one attached hydrogen (secondary N) is 1. The second kappa shape index (κ2) is 5.56. The van der Waals surface area contributed by atoms with Gasteiger partial charge < -0.3 is 10.1 Å². The highest BCUT2D eigenvalue weighted by Crippen LogP contribution is 2.25. The topological polar surface area (TPSA) is 21.3 Å². The lowest BCUT2D eigenvalue weighted by molar-refractivity contribution is 0.0594. The van der Waals surface area contributed by atoms with Gasteiger partial charge in [0.1, 0.15) is 5.69 Å². The Kier molecular flexibility index (Phi) is 4.06. The van der Waals surface area contributed by atoms with E-state index in [-0.39, 0.29) is 18.5 Å². The van der Waals surface area contributed by atoms with E-state index < -0.39 is 29.0 Å². The van der Waals surface area contributed by atoms with E-state index in [9.17, 15) is 17.6 Å². The molecule has 1 aromatic carbocycles. The summed E-state index contributed by atoms with van der Waals surface area (Å²) in [5.41, 5.74) is -0.752. The Labute approximate surface area is 102 Å². The minimum atomic E-state index is -1.41. The quantitative estimate of drug-likeness (QED) is 0.668. The third-order valence-electron chi connectivity index (χ3n) is 2.93. The van der Waals surface area contributed by atoms with Crippen molar-refractivity contribution in [1.82, 2.24) is 0 Å². The van der Waals surface area contributed by atoms with Crippen LogP contribution >= 0.6 is 0 Å². The Bertz CT molecular complexity index is 406. The summed E-state index contributed by atoms with van der Waals surface area (Å²) in [6.07, 6.45) is 1.73. The molecular formula is C12H13F4NO. The van der Waals surface area contributed by atoms with Crippen LogP contribution in [0.25, 0.3) is 0 Å². The zero-order chi connectivity index (χ0) is 13.1. The number of anilines is 1. The predicted molar refractivity (Wildman–Crippen MR) is 58.3 cm³/mol. The maximum atomic E-state index is 13.3. The molecule has 1 unspecified atom stereocenters. The van der Waals surface area contributed by atoms with Crippen molar-refractivity contribution in [3.8, 4) is 0 Å². The molecular weight excluding hydrogens is 250 g/mol. The molecule has 1 aliphatic rings. The molecule has 1 heterocycles. The Balaban J connectivity index is 2.08. The maximum absolute atomic E-state index is 13.3. The summed E-state index contributed by atoms with van der Waals surface area (Å²) in [7, 11) is 0. The molecule has 0 aliphatic carbocycles. The number of halogens is 4. The minimum absolute atomic E-state index is 0.0869. The van der Waals surface area contributed by atoms with Crippen LogP contribution in [0.1, 0.15) is 12.8 Å². The van der Waals surface area contributed by atoms with Crippen molar-refractivity contribution >= 4 is 5.69 Å². The molecule has 0 amide bonds. The number of ether oxygens (including phenoxy) is 1. The average molecular weight is 263 g/mol. The third kappa shape index (κ3) is 2.75. The normalized spacial score (nSPS) is 19.9. The lowest BCUT2D eigenvalue weighted by Gasteiger charge is -2.23. The summed E-state index contributed by atoms with van der Waals surface area (Å²) < 4.78 is 57.7. The molecule has 1 atom stereocenters. The molecule has 2 nitrogen and oxygen atoms in total. The van der Waals surface area contributed by atoms with Gasteiger partial charge in [0, 0.05) is 19.2 Å². The first-order chi connectivity index (χ1) is 8.59. The van der Waals surface area contributed by atoms with E-state index in [1.54, 1.807) is 0 Å². The van der Waals surface area contributed by atoms with Gasteiger partial charge in [0.15, 0.2) is 23.3 Å². The Morgan fingerprint density at radius 2 is 1.83 bits per heavy atom. The molecule has 100 valence electrons. The summed E-state index contributed by atoms with van der Waals surface area (Å²) >= 11 is 0. The molecule has 18 heavy (non-hydrogen) atoms. The van der Waals surface area contributed by atoms with E-state index in [0.29, 0.717) is 13.2 Å². The first kappa shape index (κ1) is 13.1. The van der Waals surface area contributed by atoms with E-state index in [1.165, 1.54) is 0 Å². The van der Waals surface area contributed by atoms with Crippen LogP contribution in [0.15, 0.2) is 6.07 Å². The number of rotatable bonds is 3. The molecule has 2 rings (SSSR count). The summed E-state index contributed by atoms with van der Waals surface area (Å²) in [6, 6.07) is 0.194. The largest absolute Gasteiger partial charge is 0.381 e. The number of benzene rings is 1. The molecule has 0 radical (unpaired) electrons. The summed E-state index contributed by atoms with van der Waals surface area (Å²) in [5.74, 6) is -5.52. The maximum Gasteiger partial charge on any atom is 0.185 e. The zero-order valence-electron chi connectivity index (χ0n) is 9.61. The summed E-state index contributed by atoms with van der Waals surface area (Å²) in [4.78, 5) is 0. The molecule has 0 bridgehead atoms. The van der Waals surface area contributed by atoms with Crippen molar-refractivity contribution in [2.24, 2.45) is 5.92 Å². The Morgan fingerprint density at radius 1 is 1.17 bits per heavy atom. The number of hydrogen-bond donors (Lipinski definition) is 1. The van der Waals surface area contributed by atoms with Crippen LogP contribution in [0.2, 0.25) is 0 Å². The minimum Gasteiger partial charge on any atom is -0.381 e. The number of hydrogen-bond acceptors (Lipinski definition) is 2. The highest BCUT2D eigenvalue weighted by atomic mass is 19.2. The third-order valence-corrected chi connectivity index (χ3v) is 2.93. The van der Waals surface area contributed by atoms with E-state index in [2.05, 4.69) is 5.32 Å².